The van der Waals surface area contributed by atoms with Crippen molar-refractivity contribution in [2.24, 2.45) is 0 Å². The normalized spacial score (nSPS) is 15.9. The lowest BCUT2D eigenvalue weighted by Gasteiger charge is -2.25. The van der Waals surface area contributed by atoms with Crippen molar-refractivity contribution < 1.29 is 24.4 Å². The Morgan fingerprint density at radius 2 is 2.04 bits per heavy atom. The summed E-state index contributed by atoms with van der Waals surface area (Å²) in [5.74, 6) is -1.65. The quantitative estimate of drug-likeness (QED) is 0.611. The minimum absolute atomic E-state index is 0.0349. The van der Waals surface area contributed by atoms with Gasteiger partial charge in [-0.15, -0.1) is 0 Å². The molecule has 0 aromatic heterocycles. The number of nitro benzene ring substituents is 1. The van der Waals surface area contributed by atoms with Crippen molar-refractivity contribution in [3.05, 3.63) is 33.9 Å². The summed E-state index contributed by atoms with van der Waals surface area (Å²) in [5, 5.41) is 23.0. The summed E-state index contributed by atoms with van der Waals surface area (Å²) in [4.78, 5) is 34.2. The van der Waals surface area contributed by atoms with Crippen LogP contribution in [0.4, 0.5) is 5.69 Å². The van der Waals surface area contributed by atoms with Gasteiger partial charge in [-0.2, -0.15) is 0 Å². The fourth-order valence-electron chi connectivity index (χ4n) is 2.74. The van der Waals surface area contributed by atoms with Gasteiger partial charge in [0.15, 0.2) is 5.75 Å². The molecule has 1 amide bonds. The number of carbonyl (C=O) groups is 2. The zero-order valence-electron chi connectivity index (χ0n) is 12.7. The summed E-state index contributed by atoms with van der Waals surface area (Å²) < 4.78 is 5.16. The Kier molecular flexibility index (Phi) is 4.83. The number of carboxylic acid groups (broad SMARTS) is 1. The highest BCUT2D eigenvalue weighted by molar-refractivity contribution is 5.98. The van der Waals surface area contributed by atoms with Gasteiger partial charge in [-0.1, -0.05) is 12.8 Å². The number of hydrogen-bond acceptors (Lipinski definition) is 5. The fraction of sp³-hybridized carbons (Fsp3) is 0.467. The molecule has 23 heavy (non-hydrogen) atoms. The number of nitrogens with zero attached hydrogens (tertiary/aromatic N) is 1. The first-order valence-electron chi connectivity index (χ1n) is 7.37. The van der Waals surface area contributed by atoms with E-state index in [0.717, 1.165) is 18.9 Å². The maximum atomic E-state index is 12.3. The van der Waals surface area contributed by atoms with E-state index in [2.05, 4.69) is 5.32 Å². The molecule has 0 saturated heterocycles. The van der Waals surface area contributed by atoms with Gasteiger partial charge in [-0.25, -0.2) is 4.79 Å². The molecular weight excluding hydrogens is 304 g/mol. The monoisotopic (exact) mass is 322 g/mol. The molecule has 0 bridgehead atoms. The number of nitro groups is 1. The molecule has 124 valence electrons. The summed E-state index contributed by atoms with van der Waals surface area (Å²) in [7, 11) is 0. The molecule has 2 rings (SSSR count). The first-order chi connectivity index (χ1) is 10.9. The SMILES string of the molecule is CCOc1ccc(C(=O)NC2(C(=O)O)CCCC2)cc1[N+](=O)[O-]. The zero-order valence-corrected chi connectivity index (χ0v) is 12.7. The second kappa shape index (κ2) is 6.64. The van der Waals surface area contributed by atoms with Crippen molar-refractivity contribution in [2.75, 3.05) is 6.61 Å². The van der Waals surface area contributed by atoms with Gasteiger partial charge in [0.05, 0.1) is 11.5 Å². The van der Waals surface area contributed by atoms with E-state index < -0.39 is 22.3 Å². The number of hydrogen-bond donors (Lipinski definition) is 2. The first kappa shape index (κ1) is 16.7. The highest BCUT2D eigenvalue weighted by Crippen LogP contribution is 2.31. The third kappa shape index (κ3) is 3.41. The second-order valence-electron chi connectivity index (χ2n) is 5.42. The van der Waals surface area contributed by atoms with Crippen molar-refractivity contribution in [1.29, 1.82) is 0 Å². The molecule has 1 aromatic rings. The summed E-state index contributed by atoms with van der Waals surface area (Å²) in [6.45, 7) is 1.95. The molecule has 1 aliphatic rings. The lowest BCUT2D eigenvalue weighted by molar-refractivity contribution is -0.385. The Labute approximate surface area is 132 Å². The molecule has 2 N–H and O–H groups in total. The number of nitrogens with one attached hydrogen (secondary N) is 1. The lowest BCUT2D eigenvalue weighted by atomic mass is 9.97. The number of carboxylic acids is 1. The Bertz CT molecular complexity index is 637. The standard InChI is InChI=1S/C15H18N2O6/c1-2-23-12-6-5-10(9-11(12)17(21)22)13(18)16-15(14(19)20)7-3-4-8-15/h5-6,9H,2-4,7-8H2,1H3,(H,16,18)(H,19,20). The highest BCUT2D eigenvalue weighted by atomic mass is 16.6. The molecule has 0 atom stereocenters. The van der Waals surface area contributed by atoms with Gasteiger partial charge < -0.3 is 15.2 Å². The Hall–Kier alpha value is -2.64. The van der Waals surface area contributed by atoms with Crippen molar-refractivity contribution in [2.45, 2.75) is 38.1 Å². The van der Waals surface area contributed by atoms with Crippen LogP contribution in [0, 0.1) is 10.1 Å². The molecule has 0 radical (unpaired) electrons. The molecule has 1 saturated carbocycles. The molecule has 1 aliphatic carbocycles. The Morgan fingerprint density at radius 3 is 2.57 bits per heavy atom. The number of benzene rings is 1. The van der Waals surface area contributed by atoms with E-state index in [1.165, 1.54) is 12.1 Å². The maximum Gasteiger partial charge on any atom is 0.329 e. The van der Waals surface area contributed by atoms with Crippen LogP contribution in [-0.2, 0) is 4.79 Å². The number of rotatable bonds is 6. The van der Waals surface area contributed by atoms with Crippen molar-refractivity contribution in [1.82, 2.24) is 5.32 Å². The van der Waals surface area contributed by atoms with Crippen LogP contribution >= 0.6 is 0 Å². The zero-order chi connectivity index (χ0) is 17.0. The Morgan fingerprint density at radius 1 is 1.39 bits per heavy atom. The van der Waals surface area contributed by atoms with Gasteiger partial charge >= 0.3 is 11.7 Å². The smallest absolute Gasteiger partial charge is 0.329 e. The summed E-state index contributed by atoms with van der Waals surface area (Å²) >= 11 is 0. The van der Waals surface area contributed by atoms with Gasteiger partial charge in [0, 0.05) is 11.6 Å². The fourth-order valence-corrected chi connectivity index (χ4v) is 2.74. The molecule has 8 nitrogen and oxygen atoms in total. The van der Waals surface area contributed by atoms with Crippen molar-refractivity contribution >= 4 is 17.6 Å². The summed E-state index contributed by atoms with van der Waals surface area (Å²) in [6, 6.07) is 3.83. The van der Waals surface area contributed by atoms with E-state index in [-0.39, 0.29) is 23.6 Å². The van der Waals surface area contributed by atoms with Gasteiger partial charge in [0.25, 0.3) is 5.91 Å². The molecule has 1 aromatic carbocycles. The average molecular weight is 322 g/mol. The Balaban J connectivity index is 2.27. The van der Waals surface area contributed by atoms with Gasteiger partial charge in [0.2, 0.25) is 0 Å². The molecule has 1 fully saturated rings. The van der Waals surface area contributed by atoms with E-state index in [1.54, 1.807) is 6.92 Å². The van der Waals surface area contributed by atoms with Crippen LogP contribution < -0.4 is 10.1 Å². The molecule has 8 heteroatoms. The first-order valence-corrected chi connectivity index (χ1v) is 7.37. The third-order valence-electron chi connectivity index (χ3n) is 3.94. The van der Waals surface area contributed by atoms with Gasteiger partial charge in [0.1, 0.15) is 5.54 Å². The van der Waals surface area contributed by atoms with E-state index in [0.29, 0.717) is 12.8 Å². The highest BCUT2D eigenvalue weighted by Gasteiger charge is 2.42. The topological polar surface area (TPSA) is 119 Å². The van der Waals surface area contributed by atoms with Gasteiger partial charge in [-0.3, -0.25) is 14.9 Å². The van der Waals surface area contributed by atoms with E-state index >= 15 is 0 Å². The second-order valence-corrected chi connectivity index (χ2v) is 5.42. The summed E-state index contributed by atoms with van der Waals surface area (Å²) in [6.07, 6.45) is 2.15. The largest absolute Gasteiger partial charge is 0.487 e. The van der Waals surface area contributed by atoms with Crippen molar-refractivity contribution in [3.63, 3.8) is 0 Å². The average Bonchev–Trinajstić information content (AvgIpc) is 2.97. The van der Waals surface area contributed by atoms with E-state index in [1.807, 2.05) is 0 Å². The molecular formula is C15H18N2O6. The van der Waals surface area contributed by atoms with Crippen LogP contribution in [0.5, 0.6) is 5.75 Å². The van der Waals surface area contributed by atoms with Crippen LogP contribution in [0.15, 0.2) is 18.2 Å². The van der Waals surface area contributed by atoms with Gasteiger partial charge in [-0.05, 0) is 31.9 Å². The molecule has 0 unspecified atom stereocenters. The van der Waals surface area contributed by atoms with Crippen LogP contribution in [0.2, 0.25) is 0 Å². The predicted octanol–water partition coefficient (Wildman–Crippen LogP) is 2.12. The lowest BCUT2D eigenvalue weighted by Crippen LogP contribution is -2.52. The summed E-state index contributed by atoms with van der Waals surface area (Å²) in [5.41, 5.74) is -1.58. The number of carbonyl (C=O) groups excluding carboxylic acids is 1. The van der Waals surface area contributed by atoms with E-state index in [4.69, 9.17) is 4.74 Å². The molecule has 0 aliphatic heterocycles. The third-order valence-corrected chi connectivity index (χ3v) is 3.94. The van der Waals surface area contributed by atoms with Crippen LogP contribution in [0.25, 0.3) is 0 Å². The molecule has 0 spiro atoms. The predicted molar refractivity (Wildman–Crippen MR) is 80.6 cm³/mol. The maximum absolute atomic E-state index is 12.3. The van der Waals surface area contributed by atoms with Crippen LogP contribution in [0.1, 0.15) is 43.0 Å². The molecule has 0 heterocycles. The van der Waals surface area contributed by atoms with Crippen LogP contribution in [0.3, 0.4) is 0 Å². The van der Waals surface area contributed by atoms with E-state index in [9.17, 15) is 24.8 Å². The number of amides is 1. The van der Waals surface area contributed by atoms with Crippen molar-refractivity contribution in [3.8, 4) is 5.75 Å². The number of aliphatic carboxylic acids is 1. The number of ether oxygens (including phenoxy) is 1. The minimum Gasteiger partial charge on any atom is -0.487 e. The van der Waals surface area contributed by atoms with Crippen LogP contribution in [-0.4, -0.2) is 34.1 Å². The minimum atomic E-state index is -1.29.